The number of carbonyl (C=O) groups is 1. The molecule has 4 rings (SSSR count). The fourth-order valence-corrected chi connectivity index (χ4v) is 6.63. The van der Waals surface area contributed by atoms with Gasteiger partial charge in [0.05, 0.1) is 5.69 Å². The lowest BCUT2D eigenvalue weighted by atomic mass is 10.2. The zero-order chi connectivity index (χ0) is 22.0. The van der Waals surface area contributed by atoms with Gasteiger partial charge in [-0.2, -0.15) is 4.31 Å². The van der Waals surface area contributed by atoms with Crippen LogP contribution in [0.4, 0.5) is 0 Å². The van der Waals surface area contributed by atoms with Gasteiger partial charge in [-0.1, -0.05) is 35.5 Å². The first-order valence-corrected chi connectivity index (χ1v) is 12.4. The lowest BCUT2D eigenvalue weighted by Gasteiger charge is -2.23. The number of amides is 1. The molecule has 2 aromatic heterocycles. The van der Waals surface area contributed by atoms with Crippen molar-refractivity contribution in [3.63, 3.8) is 0 Å². The molecule has 1 aliphatic heterocycles. The smallest absolute Gasteiger partial charge is 0.249 e. The van der Waals surface area contributed by atoms with Crippen molar-refractivity contribution in [3.8, 4) is 10.6 Å². The third kappa shape index (κ3) is 4.41. The lowest BCUT2D eigenvalue weighted by molar-refractivity contribution is -0.124. The molecule has 1 N–H and O–H groups in total. The number of nitrogens with one attached hydrogen (secondary N) is 1. The Bertz CT molecular complexity index is 1150. The summed E-state index contributed by atoms with van der Waals surface area (Å²) < 4.78 is 32.5. The summed E-state index contributed by atoms with van der Waals surface area (Å²) in [6, 6.07) is 9.21. The van der Waals surface area contributed by atoms with Crippen LogP contribution in [-0.2, 0) is 21.2 Å². The summed E-state index contributed by atoms with van der Waals surface area (Å²) >= 11 is 1.57. The Morgan fingerprint density at radius 1 is 1.29 bits per heavy atom. The molecule has 8 nitrogen and oxygen atoms in total. The highest BCUT2D eigenvalue weighted by Crippen LogP contribution is 2.30. The topological polar surface area (TPSA) is 105 Å². The van der Waals surface area contributed by atoms with Gasteiger partial charge in [0, 0.05) is 30.5 Å². The predicted molar refractivity (Wildman–Crippen MR) is 117 cm³/mol. The van der Waals surface area contributed by atoms with Crippen molar-refractivity contribution < 1.29 is 17.7 Å². The van der Waals surface area contributed by atoms with Crippen molar-refractivity contribution in [2.45, 2.75) is 44.0 Å². The maximum atomic E-state index is 13.1. The van der Waals surface area contributed by atoms with E-state index in [1.54, 1.807) is 25.2 Å². The van der Waals surface area contributed by atoms with Gasteiger partial charge in [0.1, 0.15) is 21.6 Å². The summed E-state index contributed by atoms with van der Waals surface area (Å²) in [6.45, 7) is 3.85. The number of aryl methyl sites for hydroxylation is 2. The standard InChI is InChI=1S/C21H24N4O4S2/c1-14-19(15(2)29-24-14)31(27,28)25-12-6-9-18(25)20(26)22-11-10-17-13-30-21(23-17)16-7-4-3-5-8-16/h3-5,7-8,13,18H,6,9-12H2,1-2H3,(H,22,26)/t18-/m1/s1. The molecule has 1 fully saturated rings. The molecule has 1 atom stereocenters. The number of hydrogen-bond acceptors (Lipinski definition) is 7. The number of hydrogen-bond donors (Lipinski definition) is 1. The number of thiazole rings is 1. The van der Waals surface area contributed by atoms with Gasteiger partial charge in [0.15, 0.2) is 5.76 Å². The molecule has 1 aromatic carbocycles. The number of sulfonamides is 1. The quantitative estimate of drug-likeness (QED) is 0.581. The molecule has 3 aromatic rings. The van der Waals surface area contributed by atoms with Crippen LogP contribution in [0.2, 0.25) is 0 Å². The highest BCUT2D eigenvalue weighted by Gasteiger charge is 2.41. The van der Waals surface area contributed by atoms with Crippen molar-refractivity contribution in [1.82, 2.24) is 19.8 Å². The highest BCUT2D eigenvalue weighted by molar-refractivity contribution is 7.89. The van der Waals surface area contributed by atoms with Crippen LogP contribution >= 0.6 is 11.3 Å². The second-order valence-corrected chi connectivity index (χ2v) is 10.2. The van der Waals surface area contributed by atoms with Crippen molar-refractivity contribution in [1.29, 1.82) is 0 Å². The van der Waals surface area contributed by atoms with Gasteiger partial charge in [-0.05, 0) is 26.7 Å². The number of benzene rings is 1. The van der Waals surface area contributed by atoms with E-state index in [0.29, 0.717) is 38.0 Å². The van der Waals surface area contributed by atoms with E-state index < -0.39 is 16.1 Å². The normalized spacial score (nSPS) is 17.2. The molecule has 1 aliphatic rings. The van der Waals surface area contributed by atoms with Crippen molar-refractivity contribution >= 4 is 27.3 Å². The summed E-state index contributed by atoms with van der Waals surface area (Å²) in [4.78, 5) is 17.5. The van der Waals surface area contributed by atoms with Crippen LogP contribution in [0.1, 0.15) is 30.0 Å². The summed E-state index contributed by atoms with van der Waals surface area (Å²) in [5.41, 5.74) is 2.27. The largest absolute Gasteiger partial charge is 0.360 e. The SMILES string of the molecule is Cc1noc(C)c1S(=O)(=O)N1CCC[C@@H]1C(=O)NCCc1csc(-c2ccccc2)n1. The van der Waals surface area contributed by atoms with Gasteiger partial charge >= 0.3 is 0 Å². The van der Waals surface area contributed by atoms with Gasteiger partial charge in [0.25, 0.3) is 0 Å². The van der Waals surface area contributed by atoms with Crippen LogP contribution in [0, 0.1) is 13.8 Å². The molecule has 1 saturated heterocycles. The Kier molecular flexibility index (Phi) is 6.22. The molecular weight excluding hydrogens is 436 g/mol. The van der Waals surface area contributed by atoms with E-state index >= 15 is 0 Å². The zero-order valence-corrected chi connectivity index (χ0v) is 19.0. The Morgan fingerprint density at radius 3 is 2.77 bits per heavy atom. The van der Waals surface area contributed by atoms with Gasteiger partial charge < -0.3 is 9.84 Å². The maximum Gasteiger partial charge on any atom is 0.249 e. The first-order valence-electron chi connectivity index (χ1n) is 10.1. The summed E-state index contributed by atoms with van der Waals surface area (Å²) in [7, 11) is -3.85. The monoisotopic (exact) mass is 460 g/mol. The van der Waals surface area contributed by atoms with Crippen molar-refractivity contribution in [2.24, 2.45) is 0 Å². The Morgan fingerprint density at radius 2 is 2.06 bits per heavy atom. The van der Waals surface area contributed by atoms with E-state index in [2.05, 4.69) is 15.5 Å². The van der Waals surface area contributed by atoms with E-state index in [1.165, 1.54) is 4.31 Å². The molecule has 0 saturated carbocycles. The van der Waals surface area contributed by atoms with Gasteiger partial charge in [0.2, 0.25) is 15.9 Å². The van der Waals surface area contributed by atoms with Gasteiger partial charge in [-0.3, -0.25) is 4.79 Å². The third-order valence-corrected chi connectivity index (χ3v) is 8.39. The minimum absolute atomic E-state index is 0.0584. The zero-order valence-electron chi connectivity index (χ0n) is 17.4. The fourth-order valence-electron chi connectivity index (χ4n) is 3.82. The van der Waals surface area contributed by atoms with Crippen LogP contribution in [0.5, 0.6) is 0 Å². The van der Waals surface area contributed by atoms with E-state index in [1.807, 2.05) is 35.7 Å². The van der Waals surface area contributed by atoms with Crippen molar-refractivity contribution in [3.05, 3.63) is 52.9 Å². The van der Waals surface area contributed by atoms with Crippen LogP contribution in [0.3, 0.4) is 0 Å². The first-order chi connectivity index (χ1) is 14.9. The molecular formula is C21H24N4O4S2. The third-order valence-electron chi connectivity index (χ3n) is 5.29. The average molecular weight is 461 g/mol. The van der Waals surface area contributed by atoms with Crippen LogP contribution < -0.4 is 5.32 Å². The first kappa shape index (κ1) is 21.7. The molecule has 0 bridgehead atoms. The van der Waals surface area contributed by atoms with Crippen LogP contribution in [0.25, 0.3) is 10.6 Å². The van der Waals surface area contributed by atoms with E-state index in [-0.39, 0.29) is 16.6 Å². The predicted octanol–water partition coefficient (Wildman–Crippen LogP) is 2.93. The number of nitrogens with zero attached hydrogens (tertiary/aromatic N) is 3. The van der Waals surface area contributed by atoms with Gasteiger partial charge in [-0.25, -0.2) is 13.4 Å². The number of rotatable bonds is 7. The number of aromatic nitrogens is 2. The molecule has 1 amide bonds. The molecule has 0 spiro atoms. The molecule has 0 aliphatic carbocycles. The summed E-state index contributed by atoms with van der Waals surface area (Å²) in [5.74, 6) is -0.0485. The Balaban J connectivity index is 1.38. The van der Waals surface area contributed by atoms with E-state index in [0.717, 1.165) is 16.3 Å². The Hall–Kier alpha value is -2.56. The second kappa shape index (κ2) is 8.89. The van der Waals surface area contributed by atoms with Gasteiger partial charge in [-0.15, -0.1) is 11.3 Å². The molecule has 0 radical (unpaired) electrons. The summed E-state index contributed by atoms with van der Waals surface area (Å²) in [6.07, 6.45) is 1.70. The van der Waals surface area contributed by atoms with E-state index in [9.17, 15) is 13.2 Å². The van der Waals surface area contributed by atoms with Crippen LogP contribution in [-0.4, -0.2) is 47.9 Å². The fraction of sp³-hybridized carbons (Fsp3) is 0.381. The minimum atomic E-state index is -3.85. The van der Waals surface area contributed by atoms with Crippen molar-refractivity contribution in [2.75, 3.05) is 13.1 Å². The molecule has 3 heterocycles. The lowest BCUT2D eigenvalue weighted by Crippen LogP contribution is -2.46. The second-order valence-electron chi connectivity index (χ2n) is 7.48. The summed E-state index contributed by atoms with van der Waals surface area (Å²) in [5, 5.41) is 9.55. The molecule has 10 heteroatoms. The minimum Gasteiger partial charge on any atom is -0.360 e. The average Bonchev–Trinajstić information content (AvgIpc) is 3.49. The number of carbonyl (C=O) groups excluding carboxylic acids is 1. The van der Waals surface area contributed by atoms with Crippen LogP contribution in [0.15, 0.2) is 45.1 Å². The molecule has 31 heavy (non-hydrogen) atoms. The molecule has 164 valence electrons. The highest BCUT2D eigenvalue weighted by atomic mass is 32.2. The molecule has 0 unspecified atom stereocenters. The Labute approximate surface area is 185 Å². The maximum absolute atomic E-state index is 13.1. The van der Waals surface area contributed by atoms with E-state index in [4.69, 9.17) is 4.52 Å².